The average Bonchev–Trinajstić information content (AvgIpc) is 2.27. The normalized spacial score (nSPS) is 14.1. The van der Waals surface area contributed by atoms with Crippen LogP contribution in [0.25, 0.3) is 0 Å². The molecule has 0 aliphatic heterocycles. The van der Waals surface area contributed by atoms with Crippen LogP contribution >= 0.6 is 0 Å². The number of hydrogen-bond acceptors (Lipinski definition) is 3. The topological polar surface area (TPSA) is 44.5 Å². The van der Waals surface area contributed by atoms with E-state index in [0.29, 0.717) is 5.69 Å². The number of hydrogen-bond donors (Lipinski definition) is 1. The Kier molecular flexibility index (Phi) is 5.13. The first-order chi connectivity index (χ1) is 8.05. The summed E-state index contributed by atoms with van der Waals surface area (Å²) in [7, 11) is 0. The molecule has 0 spiro atoms. The van der Waals surface area contributed by atoms with Crippen molar-refractivity contribution in [2.45, 2.75) is 52.7 Å². The van der Waals surface area contributed by atoms with Crippen molar-refractivity contribution in [1.29, 1.82) is 0 Å². The zero-order valence-electron chi connectivity index (χ0n) is 11.2. The predicted molar refractivity (Wildman–Crippen MR) is 71.6 cm³/mol. The highest BCUT2D eigenvalue weighted by Gasteiger charge is 2.07. The fourth-order valence-corrected chi connectivity index (χ4v) is 1.36. The summed E-state index contributed by atoms with van der Waals surface area (Å²) < 4.78 is 11.5. The van der Waals surface area contributed by atoms with Crippen LogP contribution in [0.4, 0.5) is 5.69 Å². The summed E-state index contributed by atoms with van der Waals surface area (Å²) >= 11 is 0. The van der Waals surface area contributed by atoms with Crippen LogP contribution in [0.15, 0.2) is 18.2 Å². The second-order valence-corrected chi connectivity index (χ2v) is 4.41. The molecule has 0 saturated carbocycles. The number of ether oxygens (including phenoxy) is 2. The van der Waals surface area contributed by atoms with Crippen molar-refractivity contribution in [2.24, 2.45) is 0 Å². The van der Waals surface area contributed by atoms with E-state index in [1.807, 2.05) is 32.0 Å². The molecule has 0 aliphatic rings. The molecule has 0 aliphatic carbocycles. The summed E-state index contributed by atoms with van der Waals surface area (Å²) in [5.74, 6) is 1.55. The lowest BCUT2D eigenvalue weighted by atomic mass is 10.2. The first-order valence-electron chi connectivity index (χ1n) is 6.29. The van der Waals surface area contributed by atoms with Gasteiger partial charge in [0, 0.05) is 23.9 Å². The van der Waals surface area contributed by atoms with E-state index in [-0.39, 0.29) is 12.2 Å². The van der Waals surface area contributed by atoms with Crippen molar-refractivity contribution in [3.05, 3.63) is 18.2 Å². The molecule has 2 N–H and O–H groups in total. The van der Waals surface area contributed by atoms with Gasteiger partial charge in [-0.05, 0) is 26.7 Å². The summed E-state index contributed by atoms with van der Waals surface area (Å²) in [5.41, 5.74) is 6.50. The molecule has 2 unspecified atom stereocenters. The molecule has 96 valence electrons. The molecule has 0 amide bonds. The van der Waals surface area contributed by atoms with Crippen LogP contribution in [0.2, 0.25) is 0 Å². The highest BCUT2D eigenvalue weighted by atomic mass is 16.5. The Morgan fingerprint density at radius 3 is 1.71 bits per heavy atom. The molecule has 0 radical (unpaired) electrons. The molecule has 1 aromatic rings. The maximum absolute atomic E-state index is 5.83. The summed E-state index contributed by atoms with van der Waals surface area (Å²) in [4.78, 5) is 0. The van der Waals surface area contributed by atoms with Crippen molar-refractivity contribution in [3.8, 4) is 11.5 Å². The molecule has 3 heteroatoms. The minimum atomic E-state index is 0.188. The number of rotatable bonds is 6. The minimum absolute atomic E-state index is 0.188. The van der Waals surface area contributed by atoms with Crippen LogP contribution in [0.1, 0.15) is 40.5 Å². The molecule has 1 rings (SSSR count). The highest BCUT2D eigenvalue weighted by molar-refractivity contribution is 5.50. The van der Waals surface area contributed by atoms with Gasteiger partial charge in [-0.25, -0.2) is 0 Å². The zero-order chi connectivity index (χ0) is 12.8. The number of anilines is 1. The summed E-state index contributed by atoms with van der Waals surface area (Å²) in [6.45, 7) is 8.26. The van der Waals surface area contributed by atoms with Gasteiger partial charge in [0.15, 0.2) is 0 Å². The van der Waals surface area contributed by atoms with E-state index < -0.39 is 0 Å². The monoisotopic (exact) mass is 237 g/mol. The maximum atomic E-state index is 5.83. The molecule has 1 aromatic carbocycles. The van der Waals surface area contributed by atoms with Crippen LogP contribution in [0.3, 0.4) is 0 Å². The first kappa shape index (κ1) is 13.7. The van der Waals surface area contributed by atoms with Gasteiger partial charge in [-0.3, -0.25) is 0 Å². The van der Waals surface area contributed by atoms with E-state index in [4.69, 9.17) is 15.2 Å². The van der Waals surface area contributed by atoms with Crippen LogP contribution in [0, 0.1) is 0 Å². The molecule has 17 heavy (non-hydrogen) atoms. The Labute approximate surface area is 104 Å². The third-order valence-electron chi connectivity index (χ3n) is 2.73. The van der Waals surface area contributed by atoms with Crippen LogP contribution in [-0.2, 0) is 0 Å². The van der Waals surface area contributed by atoms with E-state index in [1.54, 1.807) is 0 Å². The van der Waals surface area contributed by atoms with Crippen molar-refractivity contribution in [3.63, 3.8) is 0 Å². The summed E-state index contributed by atoms with van der Waals surface area (Å²) in [6.07, 6.45) is 2.31. The summed E-state index contributed by atoms with van der Waals surface area (Å²) in [6, 6.07) is 5.56. The smallest absolute Gasteiger partial charge is 0.125 e. The van der Waals surface area contributed by atoms with Gasteiger partial charge in [-0.15, -0.1) is 0 Å². The molecule has 0 fully saturated rings. The van der Waals surface area contributed by atoms with E-state index in [1.165, 1.54) is 0 Å². The second kappa shape index (κ2) is 6.38. The highest BCUT2D eigenvalue weighted by Crippen LogP contribution is 2.26. The lowest BCUT2D eigenvalue weighted by Gasteiger charge is -2.16. The fraction of sp³-hybridized carbons (Fsp3) is 0.571. The van der Waals surface area contributed by atoms with Crippen molar-refractivity contribution in [2.75, 3.05) is 5.73 Å². The number of benzene rings is 1. The molecular weight excluding hydrogens is 214 g/mol. The van der Waals surface area contributed by atoms with Gasteiger partial charge in [0.05, 0.1) is 12.2 Å². The van der Waals surface area contributed by atoms with Gasteiger partial charge in [-0.2, -0.15) is 0 Å². The minimum Gasteiger partial charge on any atom is -0.491 e. The zero-order valence-corrected chi connectivity index (χ0v) is 11.2. The molecule has 0 heterocycles. The molecule has 0 bridgehead atoms. The Balaban J connectivity index is 2.79. The van der Waals surface area contributed by atoms with Crippen molar-refractivity contribution >= 4 is 5.69 Å². The molecule has 2 atom stereocenters. The standard InChI is InChI=1S/C14H23NO2/c1-5-10(3)16-13-7-12(15)8-14(9-13)17-11(4)6-2/h7-11H,5-6,15H2,1-4H3. The van der Waals surface area contributed by atoms with Crippen LogP contribution < -0.4 is 15.2 Å². The largest absolute Gasteiger partial charge is 0.491 e. The fourth-order valence-electron chi connectivity index (χ4n) is 1.36. The molecule has 0 aromatic heterocycles. The SMILES string of the molecule is CCC(C)Oc1cc(N)cc(OC(C)CC)c1. The predicted octanol–water partition coefficient (Wildman–Crippen LogP) is 3.62. The first-order valence-corrected chi connectivity index (χ1v) is 6.29. The van der Waals surface area contributed by atoms with Gasteiger partial charge in [0.1, 0.15) is 11.5 Å². The Morgan fingerprint density at radius 2 is 1.35 bits per heavy atom. The third kappa shape index (κ3) is 4.55. The second-order valence-electron chi connectivity index (χ2n) is 4.41. The van der Waals surface area contributed by atoms with Gasteiger partial charge < -0.3 is 15.2 Å². The Hall–Kier alpha value is -1.38. The van der Waals surface area contributed by atoms with Gasteiger partial charge >= 0.3 is 0 Å². The third-order valence-corrected chi connectivity index (χ3v) is 2.73. The van der Waals surface area contributed by atoms with E-state index in [0.717, 1.165) is 24.3 Å². The average molecular weight is 237 g/mol. The number of nitrogen functional groups attached to an aromatic ring is 1. The van der Waals surface area contributed by atoms with E-state index >= 15 is 0 Å². The number of nitrogens with two attached hydrogens (primary N) is 1. The molecule has 0 saturated heterocycles. The van der Waals surface area contributed by atoms with E-state index in [2.05, 4.69) is 13.8 Å². The Morgan fingerprint density at radius 1 is 0.941 bits per heavy atom. The lowest BCUT2D eigenvalue weighted by molar-refractivity contribution is 0.205. The van der Waals surface area contributed by atoms with Crippen molar-refractivity contribution in [1.82, 2.24) is 0 Å². The molecule has 3 nitrogen and oxygen atoms in total. The van der Waals surface area contributed by atoms with Crippen LogP contribution in [-0.4, -0.2) is 12.2 Å². The van der Waals surface area contributed by atoms with Crippen LogP contribution in [0.5, 0.6) is 11.5 Å². The maximum Gasteiger partial charge on any atom is 0.125 e. The quantitative estimate of drug-likeness (QED) is 0.768. The van der Waals surface area contributed by atoms with Crippen molar-refractivity contribution < 1.29 is 9.47 Å². The Bertz CT molecular complexity index is 322. The van der Waals surface area contributed by atoms with Gasteiger partial charge in [0.25, 0.3) is 0 Å². The lowest BCUT2D eigenvalue weighted by Crippen LogP contribution is -2.12. The van der Waals surface area contributed by atoms with Gasteiger partial charge in [0.2, 0.25) is 0 Å². The molecular formula is C14H23NO2. The van der Waals surface area contributed by atoms with E-state index in [9.17, 15) is 0 Å². The van der Waals surface area contributed by atoms with Gasteiger partial charge in [-0.1, -0.05) is 13.8 Å². The summed E-state index contributed by atoms with van der Waals surface area (Å²) in [5, 5.41) is 0.